The topological polar surface area (TPSA) is 84.9 Å². The highest BCUT2D eigenvalue weighted by Crippen LogP contribution is 2.36. The lowest BCUT2D eigenvalue weighted by molar-refractivity contribution is -0.140. The second kappa shape index (κ2) is 10.9. The second-order valence-corrected chi connectivity index (χ2v) is 10.9. The van der Waals surface area contributed by atoms with Crippen LogP contribution in [0.2, 0.25) is 0 Å². The van der Waals surface area contributed by atoms with Gasteiger partial charge in [-0.1, -0.05) is 18.2 Å². The third-order valence-corrected chi connectivity index (χ3v) is 8.40. The molecule has 0 aliphatic carbocycles. The van der Waals surface area contributed by atoms with E-state index < -0.39 is 33.5 Å². The first kappa shape index (κ1) is 28.4. The number of sulfonamides is 1. The van der Waals surface area contributed by atoms with Crippen molar-refractivity contribution in [3.05, 3.63) is 82.2 Å². The molecule has 1 aliphatic heterocycles. The first-order valence-corrected chi connectivity index (χ1v) is 13.3. The summed E-state index contributed by atoms with van der Waals surface area (Å²) < 4.78 is 91.2. The largest absolute Gasteiger partial charge is 0.497 e. The monoisotopic (exact) mass is 566 g/mol. The van der Waals surface area contributed by atoms with Gasteiger partial charge in [-0.3, -0.25) is 4.79 Å². The number of fused-ring (bicyclic) bond motifs is 1. The van der Waals surface area contributed by atoms with Gasteiger partial charge in [0.15, 0.2) is 0 Å². The Hall–Kier alpha value is -3.64. The molecule has 0 spiro atoms. The summed E-state index contributed by atoms with van der Waals surface area (Å²) in [5, 5.41) is 2.78. The molecule has 1 heterocycles. The Morgan fingerprint density at radius 1 is 1.05 bits per heavy atom. The lowest BCUT2D eigenvalue weighted by Gasteiger charge is -2.30. The number of carbonyl (C=O) groups excluding carboxylic acids is 1. The number of ether oxygens (including phenoxy) is 2. The SMILES string of the molecule is COc1ccc(OC)c(S(=O)(=O)N2CCc3c(ccc(C)c3NC(=O)Cc3ccc(C(F)(F)F)c(F)c3)C2)c1. The van der Waals surface area contributed by atoms with Crippen molar-refractivity contribution in [1.29, 1.82) is 0 Å². The average molecular weight is 567 g/mol. The fraction of sp³-hybridized carbons (Fsp3) is 0.296. The summed E-state index contributed by atoms with van der Waals surface area (Å²) in [6.45, 7) is 1.95. The average Bonchev–Trinajstić information content (AvgIpc) is 2.88. The number of amides is 1. The molecule has 1 aliphatic rings. The maximum absolute atomic E-state index is 13.9. The number of anilines is 1. The Morgan fingerprint density at radius 3 is 2.44 bits per heavy atom. The summed E-state index contributed by atoms with van der Waals surface area (Å²) in [7, 11) is -1.15. The molecule has 0 bridgehead atoms. The summed E-state index contributed by atoms with van der Waals surface area (Å²) in [5.74, 6) is -1.45. The van der Waals surface area contributed by atoms with Crippen LogP contribution >= 0.6 is 0 Å². The minimum Gasteiger partial charge on any atom is -0.497 e. The van der Waals surface area contributed by atoms with Crippen molar-refractivity contribution in [2.24, 2.45) is 0 Å². The van der Waals surface area contributed by atoms with Crippen LogP contribution in [0, 0.1) is 12.7 Å². The number of hydrogen-bond donors (Lipinski definition) is 1. The highest BCUT2D eigenvalue weighted by molar-refractivity contribution is 7.89. The molecule has 0 saturated carbocycles. The van der Waals surface area contributed by atoms with E-state index in [0.29, 0.717) is 35.6 Å². The molecule has 0 radical (unpaired) electrons. The first-order chi connectivity index (χ1) is 18.3. The van der Waals surface area contributed by atoms with E-state index in [1.54, 1.807) is 25.1 Å². The van der Waals surface area contributed by atoms with Gasteiger partial charge < -0.3 is 14.8 Å². The van der Waals surface area contributed by atoms with Gasteiger partial charge in [-0.15, -0.1) is 0 Å². The molecule has 208 valence electrons. The molecule has 0 aromatic heterocycles. The van der Waals surface area contributed by atoms with Crippen molar-refractivity contribution in [3.8, 4) is 11.5 Å². The summed E-state index contributed by atoms with van der Waals surface area (Å²) in [6, 6.07) is 10.4. The predicted molar refractivity (Wildman–Crippen MR) is 136 cm³/mol. The molecular formula is C27H26F4N2O5S. The van der Waals surface area contributed by atoms with Gasteiger partial charge in [0.25, 0.3) is 0 Å². The van der Waals surface area contributed by atoms with Crippen molar-refractivity contribution >= 4 is 21.6 Å². The normalized spacial score (nSPS) is 14.0. The maximum atomic E-state index is 13.9. The number of halogens is 4. The molecule has 7 nitrogen and oxygen atoms in total. The van der Waals surface area contributed by atoms with Gasteiger partial charge in [0.2, 0.25) is 15.9 Å². The highest BCUT2D eigenvalue weighted by atomic mass is 32.2. The number of aryl methyl sites for hydroxylation is 1. The number of hydrogen-bond acceptors (Lipinski definition) is 5. The minimum atomic E-state index is -4.83. The summed E-state index contributed by atoms with van der Waals surface area (Å²) >= 11 is 0. The van der Waals surface area contributed by atoms with Crippen LogP contribution in [-0.2, 0) is 40.4 Å². The maximum Gasteiger partial charge on any atom is 0.419 e. The number of carbonyl (C=O) groups is 1. The Bertz CT molecular complexity index is 1520. The van der Waals surface area contributed by atoms with Crippen LogP contribution in [0.4, 0.5) is 23.2 Å². The van der Waals surface area contributed by atoms with Gasteiger partial charge in [0, 0.05) is 24.8 Å². The summed E-state index contributed by atoms with van der Waals surface area (Å²) in [5.41, 5.74) is 1.36. The third-order valence-electron chi connectivity index (χ3n) is 6.53. The van der Waals surface area contributed by atoms with Gasteiger partial charge in [-0.2, -0.15) is 17.5 Å². The van der Waals surface area contributed by atoms with Crippen molar-refractivity contribution in [1.82, 2.24) is 4.31 Å². The molecule has 39 heavy (non-hydrogen) atoms. The molecule has 0 atom stereocenters. The van der Waals surface area contributed by atoms with Crippen molar-refractivity contribution in [3.63, 3.8) is 0 Å². The molecule has 4 rings (SSSR count). The molecule has 3 aromatic rings. The van der Waals surface area contributed by atoms with E-state index in [4.69, 9.17) is 9.47 Å². The minimum absolute atomic E-state index is 0.0304. The van der Waals surface area contributed by atoms with Gasteiger partial charge >= 0.3 is 6.18 Å². The van der Waals surface area contributed by atoms with Crippen LogP contribution < -0.4 is 14.8 Å². The Labute approximate surface area is 223 Å². The lowest BCUT2D eigenvalue weighted by atomic mass is 9.95. The smallest absolute Gasteiger partial charge is 0.419 e. The number of nitrogens with one attached hydrogen (secondary N) is 1. The van der Waals surface area contributed by atoms with Crippen LogP contribution in [0.5, 0.6) is 11.5 Å². The Kier molecular flexibility index (Phi) is 7.89. The number of rotatable bonds is 7. The molecule has 1 amide bonds. The van der Waals surface area contributed by atoms with Gasteiger partial charge in [0.1, 0.15) is 22.2 Å². The number of benzene rings is 3. The Morgan fingerprint density at radius 2 is 1.79 bits per heavy atom. The van der Waals surface area contributed by atoms with Crippen molar-refractivity contribution in [2.45, 2.75) is 37.4 Å². The zero-order valence-corrected chi connectivity index (χ0v) is 22.2. The van der Waals surface area contributed by atoms with E-state index in [1.165, 1.54) is 30.7 Å². The zero-order valence-electron chi connectivity index (χ0n) is 21.4. The molecule has 12 heteroatoms. The fourth-order valence-corrected chi connectivity index (χ4v) is 6.11. The highest BCUT2D eigenvalue weighted by Gasteiger charge is 2.34. The molecule has 3 aromatic carbocycles. The van der Waals surface area contributed by atoms with Crippen LogP contribution in [0.25, 0.3) is 0 Å². The molecule has 0 fully saturated rings. The predicted octanol–water partition coefficient (Wildman–Crippen LogP) is 5.10. The van der Waals surface area contributed by atoms with E-state index in [-0.39, 0.29) is 35.7 Å². The summed E-state index contributed by atoms with van der Waals surface area (Å²) in [6.07, 6.45) is -4.87. The molecule has 1 N–H and O–H groups in total. The summed E-state index contributed by atoms with van der Waals surface area (Å²) in [4.78, 5) is 12.7. The van der Waals surface area contributed by atoms with Crippen LogP contribution in [0.1, 0.15) is 27.8 Å². The fourth-order valence-electron chi connectivity index (χ4n) is 4.52. The van der Waals surface area contributed by atoms with E-state index in [1.807, 2.05) is 0 Å². The van der Waals surface area contributed by atoms with Gasteiger partial charge in [0.05, 0.1) is 26.2 Å². The van der Waals surface area contributed by atoms with Gasteiger partial charge in [-0.05, 0) is 59.9 Å². The quantitative estimate of drug-likeness (QED) is 0.403. The standard InChI is InChI=1S/C27H26F4N2O5S/c1-16-4-6-18-15-33(39(35,36)24-14-19(37-2)7-9-23(24)38-3)11-10-20(18)26(16)32-25(34)13-17-5-8-21(22(28)12-17)27(29,30)31/h4-9,12,14H,10-11,13,15H2,1-3H3,(H,32,34). The zero-order chi connectivity index (χ0) is 28.5. The van der Waals surface area contributed by atoms with Crippen LogP contribution in [0.3, 0.4) is 0 Å². The van der Waals surface area contributed by atoms with Crippen LogP contribution in [0.15, 0.2) is 53.4 Å². The number of nitrogens with zero attached hydrogens (tertiary/aromatic N) is 1. The molecule has 0 unspecified atom stereocenters. The second-order valence-electron chi connectivity index (χ2n) is 9.04. The Balaban J connectivity index is 1.56. The third kappa shape index (κ3) is 5.86. The lowest BCUT2D eigenvalue weighted by Crippen LogP contribution is -2.36. The van der Waals surface area contributed by atoms with E-state index in [0.717, 1.165) is 17.2 Å². The molecular weight excluding hydrogens is 540 g/mol. The molecule has 0 saturated heterocycles. The first-order valence-electron chi connectivity index (χ1n) is 11.8. The van der Waals surface area contributed by atoms with E-state index in [2.05, 4.69) is 5.32 Å². The van der Waals surface area contributed by atoms with Gasteiger partial charge in [-0.25, -0.2) is 12.8 Å². The number of methoxy groups -OCH3 is 2. The van der Waals surface area contributed by atoms with E-state index in [9.17, 15) is 30.8 Å². The van der Waals surface area contributed by atoms with Crippen molar-refractivity contribution < 1.29 is 40.2 Å². The number of alkyl halides is 3. The van der Waals surface area contributed by atoms with E-state index >= 15 is 0 Å². The van der Waals surface area contributed by atoms with Crippen molar-refractivity contribution in [2.75, 3.05) is 26.1 Å². The van der Waals surface area contributed by atoms with Crippen LogP contribution in [-0.4, -0.2) is 39.4 Å².